The molecule has 2 fully saturated rings. The van der Waals surface area contributed by atoms with E-state index >= 15 is 0 Å². The number of benzene rings is 1. The van der Waals surface area contributed by atoms with Gasteiger partial charge in [-0.15, -0.1) is 12.4 Å². The second-order valence-corrected chi connectivity index (χ2v) is 7.37. The first kappa shape index (κ1) is 20.1. The quantitative estimate of drug-likeness (QED) is 0.867. The van der Waals surface area contributed by atoms with Gasteiger partial charge in [0.1, 0.15) is 5.75 Å². The van der Waals surface area contributed by atoms with Crippen molar-refractivity contribution in [3.63, 3.8) is 0 Å². The summed E-state index contributed by atoms with van der Waals surface area (Å²) in [5.74, 6) is 2.90. The molecule has 2 heterocycles. The highest BCUT2D eigenvalue weighted by Gasteiger charge is 2.29. The molecule has 5 heteroatoms. The third-order valence-corrected chi connectivity index (χ3v) is 5.81. The molecular weight excluding hydrogens is 336 g/mol. The minimum atomic E-state index is 0. The average molecular weight is 367 g/mol. The normalized spacial score (nSPS) is 22.3. The van der Waals surface area contributed by atoms with Crippen LogP contribution in [0.1, 0.15) is 44.1 Å². The number of nitrogens with one attached hydrogen (secondary N) is 1. The van der Waals surface area contributed by atoms with E-state index in [2.05, 4.69) is 29.3 Å². The van der Waals surface area contributed by atoms with Gasteiger partial charge in [0.2, 0.25) is 5.91 Å². The maximum absolute atomic E-state index is 12.7. The molecule has 2 aliphatic rings. The fourth-order valence-electron chi connectivity index (χ4n) is 4.12. The van der Waals surface area contributed by atoms with Crippen LogP contribution in [0.15, 0.2) is 24.3 Å². The van der Waals surface area contributed by atoms with E-state index in [0.29, 0.717) is 30.1 Å². The zero-order valence-corrected chi connectivity index (χ0v) is 16.2. The van der Waals surface area contributed by atoms with Crippen LogP contribution in [0, 0.1) is 11.8 Å². The zero-order chi connectivity index (χ0) is 16.9. The summed E-state index contributed by atoms with van der Waals surface area (Å²) in [5, 5.41) is 3.41. The standard InChI is InChI=1S/C20H30N2O2.ClH/c1-15(16-7-10-21-11-8-16)13-20(23)22-12-9-18(14-22)17-3-5-19(24-2)6-4-17;/h3-6,15-16,18,21H,7-14H2,1-2H3;1H. The average Bonchev–Trinajstić information content (AvgIpc) is 3.13. The van der Waals surface area contributed by atoms with Gasteiger partial charge in [0.15, 0.2) is 0 Å². The lowest BCUT2D eigenvalue weighted by molar-refractivity contribution is -0.131. The Balaban J connectivity index is 0.00000225. The molecule has 1 aromatic carbocycles. The summed E-state index contributed by atoms with van der Waals surface area (Å²) in [4.78, 5) is 14.7. The number of hydrogen-bond donors (Lipinski definition) is 1. The van der Waals surface area contributed by atoms with Crippen LogP contribution < -0.4 is 10.1 Å². The summed E-state index contributed by atoms with van der Waals surface area (Å²) in [6.07, 6.45) is 4.20. The number of piperidine rings is 1. The Bertz CT molecular complexity index is 543. The molecule has 0 aromatic heterocycles. The van der Waals surface area contributed by atoms with Crippen LogP contribution in [-0.4, -0.2) is 44.1 Å². The van der Waals surface area contributed by atoms with Crippen molar-refractivity contribution in [3.05, 3.63) is 29.8 Å². The highest BCUT2D eigenvalue weighted by Crippen LogP contribution is 2.30. The maximum Gasteiger partial charge on any atom is 0.222 e. The van der Waals surface area contributed by atoms with E-state index in [9.17, 15) is 4.79 Å². The van der Waals surface area contributed by atoms with Gasteiger partial charge >= 0.3 is 0 Å². The van der Waals surface area contributed by atoms with Gasteiger partial charge in [-0.25, -0.2) is 0 Å². The van der Waals surface area contributed by atoms with Crippen molar-refractivity contribution in [2.45, 2.75) is 38.5 Å². The molecule has 3 rings (SSSR count). The number of halogens is 1. The fraction of sp³-hybridized carbons (Fsp3) is 0.650. The Morgan fingerprint density at radius 1 is 1.24 bits per heavy atom. The first-order chi connectivity index (χ1) is 11.7. The Morgan fingerprint density at radius 3 is 2.56 bits per heavy atom. The number of carbonyl (C=O) groups excluding carboxylic acids is 1. The van der Waals surface area contributed by atoms with Gasteiger partial charge < -0.3 is 15.0 Å². The topological polar surface area (TPSA) is 41.6 Å². The van der Waals surface area contributed by atoms with Gasteiger partial charge in [-0.2, -0.15) is 0 Å². The zero-order valence-electron chi connectivity index (χ0n) is 15.4. The molecular formula is C20H31ClN2O2. The van der Waals surface area contributed by atoms with Crippen LogP contribution in [0.25, 0.3) is 0 Å². The second kappa shape index (κ2) is 9.44. The van der Waals surface area contributed by atoms with Gasteiger partial charge in [-0.3, -0.25) is 4.79 Å². The number of ether oxygens (including phenoxy) is 1. The van der Waals surface area contributed by atoms with Crippen molar-refractivity contribution in [1.82, 2.24) is 10.2 Å². The monoisotopic (exact) mass is 366 g/mol. The van der Waals surface area contributed by atoms with Crippen LogP contribution in [0.3, 0.4) is 0 Å². The van der Waals surface area contributed by atoms with Gasteiger partial charge in [0, 0.05) is 25.4 Å². The molecule has 0 bridgehead atoms. The third-order valence-electron chi connectivity index (χ3n) is 5.81. The molecule has 140 valence electrons. The number of methoxy groups -OCH3 is 1. The van der Waals surface area contributed by atoms with Crippen LogP contribution in [-0.2, 0) is 4.79 Å². The Hall–Kier alpha value is -1.26. The lowest BCUT2D eigenvalue weighted by Crippen LogP contribution is -2.34. The van der Waals surface area contributed by atoms with E-state index in [1.54, 1.807) is 7.11 Å². The fourth-order valence-corrected chi connectivity index (χ4v) is 4.12. The smallest absolute Gasteiger partial charge is 0.222 e. The van der Waals surface area contributed by atoms with Crippen molar-refractivity contribution < 1.29 is 9.53 Å². The second-order valence-electron chi connectivity index (χ2n) is 7.37. The summed E-state index contributed by atoms with van der Waals surface area (Å²) in [5.41, 5.74) is 1.32. The minimum absolute atomic E-state index is 0. The maximum atomic E-state index is 12.7. The lowest BCUT2D eigenvalue weighted by atomic mass is 9.84. The van der Waals surface area contributed by atoms with Gasteiger partial charge in [-0.1, -0.05) is 19.1 Å². The van der Waals surface area contributed by atoms with Crippen LogP contribution in [0.2, 0.25) is 0 Å². The van der Waals surface area contributed by atoms with Gasteiger partial charge in [0.05, 0.1) is 7.11 Å². The molecule has 0 aliphatic carbocycles. The first-order valence-electron chi connectivity index (χ1n) is 9.30. The van der Waals surface area contributed by atoms with E-state index in [4.69, 9.17) is 4.74 Å². The third kappa shape index (κ3) is 5.11. The minimum Gasteiger partial charge on any atom is -0.497 e. The van der Waals surface area contributed by atoms with Crippen molar-refractivity contribution in [3.8, 4) is 5.75 Å². The van der Waals surface area contributed by atoms with Crippen LogP contribution in [0.4, 0.5) is 0 Å². The number of hydrogen-bond acceptors (Lipinski definition) is 3. The number of likely N-dealkylation sites (tertiary alicyclic amines) is 1. The van der Waals surface area contributed by atoms with E-state index < -0.39 is 0 Å². The molecule has 2 aliphatic heterocycles. The number of amides is 1. The molecule has 0 spiro atoms. The molecule has 4 nitrogen and oxygen atoms in total. The van der Waals surface area contributed by atoms with Gasteiger partial charge in [-0.05, 0) is 61.9 Å². The van der Waals surface area contributed by atoms with Crippen molar-refractivity contribution >= 4 is 18.3 Å². The summed E-state index contributed by atoms with van der Waals surface area (Å²) in [7, 11) is 1.69. The number of nitrogens with zero attached hydrogens (tertiary/aromatic N) is 1. The van der Waals surface area contributed by atoms with Crippen LogP contribution >= 0.6 is 12.4 Å². The first-order valence-corrected chi connectivity index (χ1v) is 9.30. The molecule has 25 heavy (non-hydrogen) atoms. The van der Waals surface area contributed by atoms with E-state index in [-0.39, 0.29) is 12.4 Å². The highest BCUT2D eigenvalue weighted by molar-refractivity contribution is 5.85. The summed E-state index contributed by atoms with van der Waals surface area (Å²) in [6, 6.07) is 8.29. The molecule has 2 atom stereocenters. The van der Waals surface area contributed by atoms with Crippen molar-refractivity contribution in [2.75, 3.05) is 33.3 Å². The molecule has 1 N–H and O–H groups in total. The number of carbonyl (C=O) groups is 1. The van der Waals surface area contributed by atoms with Gasteiger partial charge in [0.25, 0.3) is 0 Å². The molecule has 2 saturated heterocycles. The van der Waals surface area contributed by atoms with Crippen LogP contribution in [0.5, 0.6) is 5.75 Å². The predicted octanol–water partition coefficient (Wildman–Crippen LogP) is 3.46. The van der Waals surface area contributed by atoms with E-state index in [1.807, 2.05) is 12.1 Å². The summed E-state index contributed by atoms with van der Waals surface area (Å²) < 4.78 is 5.22. The highest BCUT2D eigenvalue weighted by atomic mass is 35.5. The molecule has 0 radical (unpaired) electrons. The van der Waals surface area contributed by atoms with E-state index in [1.165, 1.54) is 18.4 Å². The largest absolute Gasteiger partial charge is 0.497 e. The van der Waals surface area contributed by atoms with Crippen molar-refractivity contribution in [2.24, 2.45) is 11.8 Å². The predicted molar refractivity (Wildman–Crippen MR) is 104 cm³/mol. The Labute approximate surface area is 157 Å². The lowest BCUT2D eigenvalue weighted by Gasteiger charge is -2.29. The Kier molecular flexibility index (Phi) is 7.57. The molecule has 0 saturated carbocycles. The summed E-state index contributed by atoms with van der Waals surface area (Å²) in [6.45, 7) is 6.22. The molecule has 2 unspecified atom stereocenters. The molecule has 1 amide bonds. The van der Waals surface area contributed by atoms with Crippen molar-refractivity contribution in [1.29, 1.82) is 0 Å². The Morgan fingerprint density at radius 2 is 1.92 bits per heavy atom. The van der Waals surface area contributed by atoms with E-state index in [0.717, 1.165) is 38.3 Å². The number of rotatable bonds is 5. The molecule has 1 aromatic rings. The SMILES string of the molecule is COc1ccc(C2CCN(C(=O)CC(C)C3CCNCC3)C2)cc1.Cl. The summed E-state index contributed by atoms with van der Waals surface area (Å²) >= 11 is 0.